The van der Waals surface area contributed by atoms with Crippen molar-refractivity contribution in [1.29, 1.82) is 0 Å². The molecule has 1 N–H and O–H groups in total. The number of methoxy groups -OCH3 is 1. The first-order valence-corrected chi connectivity index (χ1v) is 13.6. The summed E-state index contributed by atoms with van der Waals surface area (Å²) in [5, 5.41) is 6.97. The Bertz CT molecular complexity index is 1440. The third-order valence-corrected chi connectivity index (χ3v) is 6.83. The predicted octanol–water partition coefficient (Wildman–Crippen LogP) is 6.78. The van der Waals surface area contributed by atoms with Gasteiger partial charge in [-0.25, -0.2) is 0 Å². The molecule has 0 spiro atoms. The standard InChI is InChI=1S/C32H38N4O4/c1-20(2)36(21(3)4)16-17-39-30-19-27(13-15-29(30)38-7)34-32(37)25-10-8-24(9-11-25)28-14-12-26(18-22(28)5)31-33-23(6)40-35-31/h8-15,18-21H,16-17H2,1-7H3,(H,34,37). The van der Waals surface area contributed by atoms with Gasteiger partial charge in [-0.1, -0.05) is 29.4 Å². The van der Waals surface area contributed by atoms with Crippen molar-refractivity contribution < 1.29 is 18.8 Å². The first kappa shape index (κ1) is 28.8. The summed E-state index contributed by atoms with van der Waals surface area (Å²) in [6, 6.07) is 19.9. The maximum Gasteiger partial charge on any atom is 0.255 e. The lowest BCUT2D eigenvalue weighted by Crippen LogP contribution is -2.39. The summed E-state index contributed by atoms with van der Waals surface area (Å²) < 4.78 is 16.6. The van der Waals surface area contributed by atoms with Gasteiger partial charge in [0.1, 0.15) is 6.61 Å². The van der Waals surface area contributed by atoms with Crippen molar-refractivity contribution in [2.24, 2.45) is 0 Å². The smallest absolute Gasteiger partial charge is 0.255 e. The van der Waals surface area contributed by atoms with Crippen molar-refractivity contribution in [3.8, 4) is 34.0 Å². The topological polar surface area (TPSA) is 89.7 Å². The average molecular weight is 543 g/mol. The van der Waals surface area contributed by atoms with Gasteiger partial charge in [-0.15, -0.1) is 0 Å². The summed E-state index contributed by atoms with van der Waals surface area (Å²) >= 11 is 0. The fraction of sp³-hybridized carbons (Fsp3) is 0.344. The zero-order chi connectivity index (χ0) is 28.8. The molecule has 8 heteroatoms. The number of amides is 1. The van der Waals surface area contributed by atoms with E-state index in [9.17, 15) is 4.79 Å². The van der Waals surface area contributed by atoms with Gasteiger partial charge in [-0.2, -0.15) is 4.98 Å². The number of aromatic nitrogens is 2. The van der Waals surface area contributed by atoms with E-state index in [1.807, 2.05) is 55.5 Å². The van der Waals surface area contributed by atoms with Crippen molar-refractivity contribution in [1.82, 2.24) is 15.0 Å². The lowest BCUT2D eigenvalue weighted by atomic mass is 9.97. The van der Waals surface area contributed by atoms with Crippen molar-refractivity contribution in [3.63, 3.8) is 0 Å². The minimum absolute atomic E-state index is 0.201. The Morgan fingerprint density at radius 1 is 0.925 bits per heavy atom. The maximum absolute atomic E-state index is 13.0. The van der Waals surface area contributed by atoms with Crippen molar-refractivity contribution in [2.75, 3.05) is 25.6 Å². The highest BCUT2D eigenvalue weighted by atomic mass is 16.5. The number of benzene rings is 3. The molecule has 40 heavy (non-hydrogen) atoms. The molecule has 3 aromatic carbocycles. The van der Waals surface area contributed by atoms with Crippen molar-refractivity contribution in [2.45, 2.75) is 53.6 Å². The summed E-state index contributed by atoms with van der Waals surface area (Å²) in [5.41, 5.74) is 5.26. The molecule has 1 amide bonds. The van der Waals surface area contributed by atoms with Crippen LogP contribution in [-0.4, -0.2) is 53.3 Å². The van der Waals surface area contributed by atoms with Gasteiger partial charge >= 0.3 is 0 Å². The Kier molecular flexibility index (Phi) is 9.22. The van der Waals surface area contributed by atoms with Crippen LogP contribution < -0.4 is 14.8 Å². The van der Waals surface area contributed by atoms with Gasteiger partial charge in [0.05, 0.1) is 7.11 Å². The lowest BCUT2D eigenvalue weighted by molar-refractivity contribution is 0.102. The van der Waals surface area contributed by atoms with Gasteiger partial charge in [0.15, 0.2) is 11.5 Å². The van der Waals surface area contributed by atoms with E-state index in [1.165, 1.54) is 0 Å². The molecule has 8 nitrogen and oxygen atoms in total. The van der Waals surface area contributed by atoms with Crippen LogP contribution in [0.3, 0.4) is 0 Å². The largest absolute Gasteiger partial charge is 0.493 e. The van der Waals surface area contributed by atoms with E-state index in [0.717, 1.165) is 28.8 Å². The van der Waals surface area contributed by atoms with E-state index in [0.29, 0.717) is 53.2 Å². The second kappa shape index (κ2) is 12.8. The zero-order valence-electron chi connectivity index (χ0n) is 24.3. The molecular formula is C32H38N4O4. The van der Waals surface area contributed by atoms with E-state index >= 15 is 0 Å². The number of nitrogens with zero attached hydrogens (tertiary/aromatic N) is 3. The van der Waals surface area contributed by atoms with Gasteiger partial charge < -0.3 is 19.3 Å². The number of anilines is 1. The van der Waals surface area contributed by atoms with Crippen LogP contribution in [0.5, 0.6) is 11.5 Å². The quantitative estimate of drug-likeness (QED) is 0.223. The lowest BCUT2D eigenvalue weighted by Gasteiger charge is -2.30. The van der Waals surface area contributed by atoms with Gasteiger partial charge in [0.2, 0.25) is 11.7 Å². The number of carbonyl (C=O) groups is 1. The summed E-state index contributed by atoms with van der Waals surface area (Å²) in [4.78, 5) is 19.7. The Morgan fingerprint density at radius 2 is 1.62 bits per heavy atom. The average Bonchev–Trinajstić information content (AvgIpc) is 3.37. The van der Waals surface area contributed by atoms with Crippen LogP contribution >= 0.6 is 0 Å². The Hall–Kier alpha value is -4.17. The summed E-state index contributed by atoms with van der Waals surface area (Å²) in [6.45, 7) is 13.8. The van der Waals surface area contributed by atoms with Crippen LogP contribution in [0.4, 0.5) is 5.69 Å². The molecule has 0 saturated carbocycles. The Labute approximate surface area is 236 Å². The molecule has 0 saturated heterocycles. The number of nitrogens with one attached hydrogen (secondary N) is 1. The molecule has 1 heterocycles. The molecule has 4 rings (SSSR count). The van der Waals surface area contributed by atoms with Crippen LogP contribution in [0.25, 0.3) is 22.5 Å². The molecule has 1 aromatic heterocycles. The van der Waals surface area contributed by atoms with Crippen molar-refractivity contribution >= 4 is 11.6 Å². The summed E-state index contributed by atoms with van der Waals surface area (Å²) in [7, 11) is 1.61. The monoisotopic (exact) mass is 542 g/mol. The molecule has 0 aliphatic heterocycles. The van der Waals surface area contributed by atoms with Crippen LogP contribution in [0.1, 0.15) is 49.5 Å². The van der Waals surface area contributed by atoms with E-state index < -0.39 is 0 Å². The second-order valence-corrected chi connectivity index (χ2v) is 10.3. The van der Waals surface area contributed by atoms with Gasteiger partial charge in [0, 0.05) is 48.4 Å². The number of carbonyl (C=O) groups excluding carboxylic acids is 1. The SMILES string of the molecule is COc1ccc(NC(=O)c2ccc(-c3ccc(-c4noc(C)n4)cc3C)cc2)cc1OCCN(C(C)C)C(C)C. The van der Waals surface area contributed by atoms with Crippen LogP contribution in [0.15, 0.2) is 65.2 Å². The summed E-state index contributed by atoms with van der Waals surface area (Å²) in [5.74, 6) is 2.12. The zero-order valence-corrected chi connectivity index (χ0v) is 24.3. The number of ether oxygens (including phenoxy) is 2. The fourth-order valence-corrected chi connectivity index (χ4v) is 4.79. The Balaban J connectivity index is 1.43. The minimum atomic E-state index is -0.201. The van der Waals surface area contributed by atoms with E-state index in [2.05, 4.69) is 48.1 Å². The molecule has 0 aliphatic rings. The number of hydrogen-bond acceptors (Lipinski definition) is 7. The molecule has 4 aromatic rings. The third kappa shape index (κ3) is 6.87. The highest BCUT2D eigenvalue weighted by Crippen LogP contribution is 2.31. The van der Waals surface area contributed by atoms with Gasteiger partial charge in [-0.05, 0) is 81.6 Å². The molecule has 0 aliphatic carbocycles. The highest BCUT2D eigenvalue weighted by molar-refractivity contribution is 6.04. The molecule has 0 fully saturated rings. The summed E-state index contributed by atoms with van der Waals surface area (Å²) in [6.07, 6.45) is 0. The predicted molar refractivity (Wildman–Crippen MR) is 158 cm³/mol. The Morgan fingerprint density at radius 3 is 2.23 bits per heavy atom. The molecule has 210 valence electrons. The number of aryl methyl sites for hydroxylation is 2. The van der Waals surface area contributed by atoms with Crippen LogP contribution in [-0.2, 0) is 0 Å². The maximum atomic E-state index is 13.0. The molecule has 0 radical (unpaired) electrons. The minimum Gasteiger partial charge on any atom is -0.493 e. The molecule has 0 bridgehead atoms. The number of hydrogen-bond donors (Lipinski definition) is 1. The van der Waals surface area contributed by atoms with Crippen LogP contribution in [0, 0.1) is 13.8 Å². The first-order valence-electron chi connectivity index (χ1n) is 13.6. The van der Waals surface area contributed by atoms with E-state index in [4.69, 9.17) is 14.0 Å². The normalized spacial score (nSPS) is 11.3. The fourth-order valence-electron chi connectivity index (χ4n) is 4.79. The van der Waals surface area contributed by atoms with Gasteiger partial charge in [0.25, 0.3) is 5.91 Å². The van der Waals surface area contributed by atoms with Crippen LogP contribution in [0.2, 0.25) is 0 Å². The number of rotatable bonds is 11. The first-order chi connectivity index (χ1) is 19.2. The highest BCUT2D eigenvalue weighted by Gasteiger charge is 2.15. The molecular weight excluding hydrogens is 504 g/mol. The van der Waals surface area contributed by atoms with E-state index in [1.54, 1.807) is 26.2 Å². The molecule has 0 atom stereocenters. The third-order valence-electron chi connectivity index (χ3n) is 6.83. The molecule has 0 unspecified atom stereocenters. The second-order valence-electron chi connectivity index (χ2n) is 10.3. The van der Waals surface area contributed by atoms with Gasteiger partial charge in [-0.3, -0.25) is 9.69 Å². The van der Waals surface area contributed by atoms with Crippen molar-refractivity contribution in [3.05, 3.63) is 77.7 Å². The van der Waals surface area contributed by atoms with E-state index in [-0.39, 0.29) is 5.91 Å².